The lowest BCUT2D eigenvalue weighted by Crippen LogP contribution is -2.38. The largest absolute Gasteiger partial charge is 0.335 e. The number of rotatable bonds is 5. The van der Waals surface area contributed by atoms with Gasteiger partial charge in [-0.2, -0.15) is 0 Å². The molecule has 1 heterocycles. The van der Waals surface area contributed by atoms with E-state index in [1.54, 1.807) is 6.07 Å². The fourth-order valence-electron chi connectivity index (χ4n) is 2.86. The van der Waals surface area contributed by atoms with E-state index in [0.717, 1.165) is 37.7 Å². The monoisotopic (exact) mass is 278 g/mol. The molecule has 0 spiro atoms. The third-order valence-electron chi connectivity index (χ3n) is 3.92. The molecule has 1 aromatic carbocycles. The average Bonchev–Trinajstić information content (AvgIpc) is 2.60. The number of hydrogen-bond donors (Lipinski definition) is 1. The summed E-state index contributed by atoms with van der Waals surface area (Å²) >= 11 is 0. The van der Waals surface area contributed by atoms with E-state index < -0.39 is 0 Å². The summed E-state index contributed by atoms with van der Waals surface area (Å²) in [6, 6.07) is 6.76. The van der Waals surface area contributed by atoms with Gasteiger partial charge in [0.25, 0.3) is 0 Å². The summed E-state index contributed by atoms with van der Waals surface area (Å²) in [5.74, 6) is -0.0583. The van der Waals surface area contributed by atoms with E-state index in [2.05, 4.69) is 0 Å². The van der Waals surface area contributed by atoms with Gasteiger partial charge in [0, 0.05) is 19.0 Å². The van der Waals surface area contributed by atoms with E-state index in [1.807, 2.05) is 11.0 Å². The van der Waals surface area contributed by atoms with Crippen molar-refractivity contribution in [1.82, 2.24) is 4.90 Å². The van der Waals surface area contributed by atoms with Crippen molar-refractivity contribution in [2.75, 3.05) is 6.54 Å². The van der Waals surface area contributed by atoms with Gasteiger partial charge in [-0.25, -0.2) is 4.39 Å². The van der Waals surface area contributed by atoms with Crippen molar-refractivity contribution in [3.8, 4) is 0 Å². The maximum absolute atomic E-state index is 13.3. The summed E-state index contributed by atoms with van der Waals surface area (Å²) in [6.45, 7) is 1.16. The Morgan fingerprint density at radius 1 is 1.35 bits per heavy atom. The number of benzene rings is 1. The third-order valence-corrected chi connectivity index (χ3v) is 3.92. The van der Waals surface area contributed by atoms with Gasteiger partial charge in [-0.05, 0) is 49.9 Å². The van der Waals surface area contributed by atoms with Crippen molar-refractivity contribution in [2.24, 2.45) is 5.73 Å². The van der Waals surface area contributed by atoms with Gasteiger partial charge in [0.05, 0.1) is 0 Å². The SMILES string of the molecule is NCCCC1CCCCC(=O)N1Cc1cccc(F)c1. The van der Waals surface area contributed by atoms with Crippen LogP contribution >= 0.6 is 0 Å². The highest BCUT2D eigenvalue weighted by Crippen LogP contribution is 2.23. The van der Waals surface area contributed by atoms with Gasteiger partial charge in [0.15, 0.2) is 0 Å². The maximum Gasteiger partial charge on any atom is 0.223 e. The van der Waals surface area contributed by atoms with Crippen LogP contribution in [-0.2, 0) is 11.3 Å². The predicted molar refractivity (Wildman–Crippen MR) is 77.5 cm³/mol. The number of likely N-dealkylation sites (tertiary alicyclic amines) is 1. The fraction of sp³-hybridized carbons (Fsp3) is 0.562. The molecule has 1 saturated heterocycles. The number of nitrogens with two attached hydrogens (primary N) is 1. The number of hydrogen-bond acceptors (Lipinski definition) is 2. The van der Waals surface area contributed by atoms with E-state index >= 15 is 0 Å². The van der Waals surface area contributed by atoms with E-state index in [1.165, 1.54) is 12.1 Å². The zero-order valence-electron chi connectivity index (χ0n) is 11.9. The summed E-state index contributed by atoms with van der Waals surface area (Å²) in [6.07, 6.45) is 5.54. The highest BCUT2D eigenvalue weighted by atomic mass is 19.1. The molecule has 0 aliphatic carbocycles. The molecule has 0 aromatic heterocycles. The molecule has 2 rings (SSSR count). The van der Waals surface area contributed by atoms with Crippen LogP contribution < -0.4 is 5.73 Å². The summed E-state index contributed by atoms with van der Waals surface area (Å²) in [7, 11) is 0. The second kappa shape index (κ2) is 7.39. The molecule has 1 aromatic rings. The molecule has 0 radical (unpaired) electrons. The molecule has 1 atom stereocenters. The average molecular weight is 278 g/mol. The lowest BCUT2D eigenvalue weighted by molar-refractivity contribution is -0.133. The fourth-order valence-corrected chi connectivity index (χ4v) is 2.86. The summed E-state index contributed by atoms with van der Waals surface area (Å²) in [5.41, 5.74) is 6.44. The van der Waals surface area contributed by atoms with E-state index in [0.29, 0.717) is 19.5 Å². The summed E-state index contributed by atoms with van der Waals surface area (Å²) in [5, 5.41) is 0. The molecule has 110 valence electrons. The Hall–Kier alpha value is -1.42. The second-order valence-corrected chi connectivity index (χ2v) is 5.48. The Morgan fingerprint density at radius 2 is 2.20 bits per heavy atom. The zero-order valence-corrected chi connectivity index (χ0v) is 11.9. The number of amides is 1. The molecule has 1 amide bonds. The van der Waals surface area contributed by atoms with Crippen LogP contribution in [0.2, 0.25) is 0 Å². The van der Waals surface area contributed by atoms with Gasteiger partial charge in [-0.3, -0.25) is 4.79 Å². The third kappa shape index (κ3) is 4.04. The van der Waals surface area contributed by atoms with Crippen molar-refractivity contribution in [3.05, 3.63) is 35.6 Å². The van der Waals surface area contributed by atoms with Gasteiger partial charge < -0.3 is 10.6 Å². The molecule has 4 heteroatoms. The molecule has 20 heavy (non-hydrogen) atoms. The first-order valence-electron chi connectivity index (χ1n) is 7.44. The Bertz CT molecular complexity index is 450. The van der Waals surface area contributed by atoms with Crippen LogP contribution in [0.3, 0.4) is 0 Å². The first-order valence-corrected chi connectivity index (χ1v) is 7.44. The number of carbonyl (C=O) groups is 1. The molecular weight excluding hydrogens is 255 g/mol. The van der Waals surface area contributed by atoms with Gasteiger partial charge >= 0.3 is 0 Å². The van der Waals surface area contributed by atoms with Gasteiger partial charge in [0.1, 0.15) is 5.82 Å². The van der Waals surface area contributed by atoms with Crippen molar-refractivity contribution in [1.29, 1.82) is 0 Å². The van der Waals surface area contributed by atoms with Crippen LogP contribution in [0, 0.1) is 5.82 Å². The Kier molecular flexibility index (Phi) is 5.53. The van der Waals surface area contributed by atoms with E-state index in [-0.39, 0.29) is 17.8 Å². The minimum atomic E-state index is -0.247. The van der Waals surface area contributed by atoms with Crippen molar-refractivity contribution < 1.29 is 9.18 Å². The van der Waals surface area contributed by atoms with Gasteiger partial charge in [-0.1, -0.05) is 18.6 Å². The van der Waals surface area contributed by atoms with E-state index in [4.69, 9.17) is 5.73 Å². The minimum Gasteiger partial charge on any atom is -0.335 e. The highest BCUT2D eigenvalue weighted by Gasteiger charge is 2.25. The molecule has 2 N–H and O–H groups in total. The van der Waals surface area contributed by atoms with Crippen LogP contribution in [0.15, 0.2) is 24.3 Å². The molecule has 3 nitrogen and oxygen atoms in total. The first-order chi connectivity index (χ1) is 9.70. The van der Waals surface area contributed by atoms with Crippen molar-refractivity contribution in [2.45, 2.75) is 51.1 Å². The standard InChI is InChI=1S/C16H23FN2O/c17-14-6-3-5-13(11-14)12-19-15(8-4-10-18)7-1-2-9-16(19)20/h3,5-6,11,15H,1-2,4,7-10,12,18H2. The molecule has 1 unspecified atom stereocenters. The Morgan fingerprint density at radius 3 is 2.95 bits per heavy atom. The number of carbonyl (C=O) groups excluding carboxylic acids is 1. The summed E-state index contributed by atoms with van der Waals surface area (Å²) in [4.78, 5) is 14.2. The van der Waals surface area contributed by atoms with Crippen LogP contribution in [0.25, 0.3) is 0 Å². The molecular formula is C16H23FN2O. The van der Waals surface area contributed by atoms with Crippen LogP contribution in [0.5, 0.6) is 0 Å². The van der Waals surface area contributed by atoms with E-state index in [9.17, 15) is 9.18 Å². The summed E-state index contributed by atoms with van der Waals surface area (Å²) < 4.78 is 13.3. The first kappa shape index (κ1) is 15.0. The normalized spacial score (nSPS) is 20.0. The predicted octanol–water partition coefficient (Wildman–Crippen LogP) is 2.84. The van der Waals surface area contributed by atoms with Crippen LogP contribution in [0.1, 0.15) is 44.1 Å². The Labute approximate surface area is 120 Å². The number of halogens is 1. The highest BCUT2D eigenvalue weighted by molar-refractivity contribution is 5.76. The zero-order chi connectivity index (χ0) is 14.4. The molecule has 0 bridgehead atoms. The molecule has 1 aliphatic rings. The minimum absolute atomic E-state index is 0.189. The quantitative estimate of drug-likeness (QED) is 0.900. The topological polar surface area (TPSA) is 46.3 Å². The maximum atomic E-state index is 13.3. The van der Waals surface area contributed by atoms with Crippen LogP contribution in [0.4, 0.5) is 4.39 Å². The molecule has 1 aliphatic heterocycles. The molecule has 0 saturated carbocycles. The van der Waals surface area contributed by atoms with Crippen LogP contribution in [-0.4, -0.2) is 23.4 Å². The van der Waals surface area contributed by atoms with Crippen molar-refractivity contribution >= 4 is 5.91 Å². The van der Waals surface area contributed by atoms with Gasteiger partial charge in [-0.15, -0.1) is 0 Å². The Balaban J connectivity index is 2.11. The lowest BCUT2D eigenvalue weighted by Gasteiger charge is -2.30. The molecule has 1 fully saturated rings. The number of nitrogens with zero attached hydrogens (tertiary/aromatic N) is 1. The lowest BCUT2D eigenvalue weighted by atomic mass is 10.0. The van der Waals surface area contributed by atoms with Gasteiger partial charge in [0.2, 0.25) is 5.91 Å². The van der Waals surface area contributed by atoms with Crippen molar-refractivity contribution in [3.63, 3.8) is 0 Å². The smallest absolute Gasteiger partial charge is 0.223 e. The second-order valence-electron chi connectivity index (χ2n) is 5.48.